The van der Waals surface area contributed by atoms with E-state index < -0.39 is 6.04 Å². The Morgan fingerprint density at radius 1 is 0.625 bits per heavy atom. The number of hydrogen-bond acceptors (Lipinski definition) is 5. The van der Waals surface area contributed by atoms with E-state index in [2.05, 4.69) is 36.6 Å². The van der Waals surface area contributed by atoms with Crippen molar-refractivity contribution in [1.82, 2.24) is 15.5 Å². The number of carbonyl (C=O) groups is 3. The van der Waals surface area contributed by atoms with Crippen molar-refractivity contribution in [2.45, 2.75) is 161 Å². The summed E-state index contributed by atoms with van der Waals surface area (Å²) in [6.07, 6.45) is 23.7. The van der Waals surface area contributed by atoms with Crippen molar-refractivity contribution in [3.05, 3.63) is 0 Å². The largest absolute Gasteiger partial charge is 0.464 e. The first-order valence-corrected chi connectivity index (χ1v) is 16.8. The molecule has 236 valence electrons. The number of unbranched alkanes of at least 4 members (excludes halogenated alkanes) is 16. The van der Waals surface area contributed by atoms with Gasteiger partial charge in [0.2, 0.25) is 11.8 Å². The summed E-state index contributed by atoms with van der Waals surface area (Å²) in [4.78, 5) is 39.1. The normalized spacial score (nSPS) is 11.9. The highest BCUT2D eigenvalue weighted by atomic mass is 16.5. The smallest absolute Gasteiger partial charge is 0.328 e. The Morgan fingerprint density at radius 3 is 1.65 bits per heavy atom. The van der Waals surface area contributed by atoms with Crippen LogP contribution in [0.4, 0.5) is 0 Å². The second-order valence-corrected chi connectivity index (χ2v) is 11.7. The first-order valence-electron chi connectivity index (χ1n) is 16.8. The van der Waals surface area contributed by atoms with Gasteiger partial charge in [0, 0.05) is 19.4 Å². The highest BCUT2D eigenvalue weighted by Crippen LogP contribution is 2.12. The molecule has 0 rings (SSSR count). The van der Waals surface area contributed by atoms with Gasteiger partial charge in [-0.15, -0.1) is 0 Å². The SMILES string of the molecule is CCCCCCCCCCCC(=O)NCCCC[C@H](NC(=O)CCCCCCCCCCN(C)C)C(=O)OCC. The standard InChI is InChI=1S/C33H65N3O4/c1-5-7-8-9-10-11-14-17-20-26-31(37)34-28-23-22-25-30(33(39)40-6-2)35-32(38)27-21-18-15-12-13-16-19-24-29-36(3)4/h30H,5-29H2,1-4H3,(H,34,37)(H,35,38)/t30-/m0/s1. The average molecular weight is 568 g/mol. The lowest BCUT2D eigenvalue weighted by Crippen LogP contribution is -2.41. The summed E-state index contributed by atoms with van der Waals surface area (Å²) < 4.78 is 5.18. The molecule has 0 aliphatic heterocycles. The zero-order chi connectivity index (χ0) is 29.7. The molecule has 0 aliphatic rings. The summed E-state index contributed by atoms with van der Waals surface area (Å²) in [5.41, 5.74) is 0. The average Bonchev–Trinajstić information content (AvgIpc) is 2.92. The molecule has 0 aliphatic carbocycles. The maximum atomic E-state index is 12.4. The summed E-state index contributed by atoms with van der Waals surface area (Å²) in [6, 6.07) is -0.604. The van der Waals surface area contributed by atoms with E-state index >= 15 is 0 Å². The number of nitrogens with one attached hydrogen (secondary N) is 2. The maximum absolute atomic E-state index is 12.4. The van der Waals surface area contributed by atoms with E-state index in [1.807, 2.05) is 0 Å². The topological polar surface area (TPSA) is 87.7 Å². The van der Waals surface area contributed by atoms with Gasteiger partial charge in [-0.2, -0.15) is 0 Å². The Labute approximate surface area is 247 Å². The van der Waals surface area contributed by atoms with Crippen LogP contribution in [-0.4, -0.2) is 62.5 Å². The monoisotopic (exact) mass is 567 g/mol. The Morgan fingerprint density at radius 2 is 1.12 bits per heavy atom. The minimum atomic E-state index is -0.604. The number of ether oxygens (including phenoxy) is 1. The van der Waals surface area contributed by atoms with Gasteiger partial charge in [0.25, 0.3) is 0 Å². The predicted molar refractivity (Wildman–Crippen MR) is 167 cm³/mol. The molecule has 0 heterocycles. The van der Waals surface area contributed by atoms with Crippen LogP contribution in [-0.2, 0) is 19.1 Å². The Hall–Kier alpha value is -1.63. The molecule has 2 amide bonds. The molecule has 0 aromatic rings. The van der Waals surface area contributed by atoms with Crippen LogP contribution >= 0.6 is 0 Å². The fraction of sp³-hybridized carbons (Fsp3) is 0.909. The molecular weight excluding hydrogens is 502 g/mol. The predicted octanol–water partition coefficient (Wildman–Crippen LogP) is 7.31. The zero-order valence-corrected chi connectivity index (χ0v) is 26.8. The van der Waals surface area contributed by atoms with Crippen molar-refractivity contribution in [3.8, 4) is 0 Å². The van der Waals surface area contributed by atoms with Gasteiger partial charge in [-0.3, -0.25) is 9.59 Å². The summed E-state index contributed by atoms with van der Waals surface area (Å²) in [6.45, 7) is 6.09. The molecule has 0 bridgehead atoms. The summed E-state index contributed by atoms with van der Waals surface area (Å²) in [5, 5.41) is 5.89. The van der Waals surface area contributed by atoms with Gasteiger partial charge in [-0.25, -0.2) is 4.79 Å². The minimum Gasteiger partial charge on any atom is -0.464 e. The van der Waals surface area contributed by atoms with Crippen LogP contribution in [0.15, 0.2) is 0 Å². The van der Waals surface area contributed by atoms with Crippen LogP contribution in [0.3, 0.4) is 0 Å². The van der Waals surface area contributed by atoms with Gasteiger partial charge in [0.1, 0.15) is 6.04 Å². The molecule has 7 nitrogen and oxygen atoms in total. The van der Waals surface area contributed by atoms with Gasteiger partial charge in [0.15, 0.2) is 0 Å². The molecular formula is C33H65N3O4. The van der Waals surface area contributed by atoms with Crippen molar-refractivity contribution in [3.63, 3.8) is 0 Å². The maximum Gasteiger partial charge on any atom is 0.328 e. The van der Waals surface area contributed by atoms with Crippen LogP contribution in [0.2, 0.25) is 0 Å². The van der Waals surface area contributed by atoms with Gasteiger partial charge in [-0.1, -0.05) is 96.8 Å². The highest BCUT2D eigenvalue weighted by Gasteiger charge is 2.21. The third kappa shape index (κ3) is 26.6. The third-order valence-electron chi connectivity index (χ3n) is 7.41. The fourth-order valence-electron chi connectivity index (χ4n) is 4.92. The van der Waals surface area contributed by atoms with Crippen LogP contribution in [0, 0.1) is 0 Å². The van der Waals surface area contributed by atoms with Crippen molar-refractivity contribution in [2.24, 2.45) is 0 Å². The lowest BCUT2D eigenvalue weighted by Gasteiger charge is -2.17. The second-order valence-electron chi connectivity index (χ2n) is 11.7. The van der Waals surface area contributed by atoms with E-state index in [1.54, 1.807) is 6.92 Å². The molecule has 0 saturated heterocycles. The van der Waals surface area contributed by atoms with Crippen molar-refractivity contribution < 1.29 is 19.1 Å². The lowest BCUT2D eigenvalue weighted by atomic mass is 10.1. The number of esters is 1. The minimum absolute atomic E-state index is 0.0731. The van der Waals surface area contributed by atoms with Crippen molar-refractivity contribution in [2.75, 3.05) is 33.8 Å². The Bertz CT molecular complexity index is 613. The Balaban J connectivity index is 3.90. The van der Waals surface area contributed by atoms with Crippen molar-refractivity contribution >= 4 is 17.8 Å². The number of amides is 2. The number of rotatable bonds is 29. The summed E-state index contributed by atoms with van der Waals surface area (Å²) >= 11 is 0. The van der Waals surface area contributed by atoms with E-state index in [1.165, 1.54) is 77.0 Å². The van der Waals surface area contributed by atoms with E-state index in [0.29, 0.717) is 32.4 Å². The van der Waals surface area contributed by atoms with E-state index in [4.69, 9.17) is 4.74 Å². The molecule has 0 aromatic heterocycles. The molecule has 0 unspecified atom stereocenters. The van der Waals surface area contributed by atoms with Gasteiger partial charge < -0.3 is 20.3 Å². The van der Waals surface area contributed by atoms with E-state index in [-0.39, 0.29) is 17.8 Å². The van der Waals surface area contributed by atoms with E-state index in [9.17, 15) is 14.4 Å². The van der Waals surface area contributed by atoms with Crippen molar-refractivity contribution in [1.29, 1.82) is 0 Å². The molecule has 40 heavy (non-hydrogen) atoms. The molecule has 0 radical (unpaired) electrons. The van der Waals surface area contributed by atoms with Crippen LogP contribution < -0.4 is 10.6 Å². The molecule has 1 atom stereocenters. The first-order chi connectivity index (χ1) is 19.4. The van der Waals surface area contributed by atoms with Gasteiger partial charge in [0.05, 0.1) is 6.61 Å². The van der Waals surface area contributed by atoms with Gasteiger partial charge >= 0.3 is 5.97 Å². The first kappa shape index (κ1) is 38.4. The molecule has 7 heteroatoms. The van der Waals surface area contributed by atoms with Gasteiger partial charge in [-0.05, 0) is 66.1 Å². The van der Waals surface area contributed by atoms with E-state index in [0.717, 1.165) is 51.5 Å². The Kier molecular flexibility index (Phi) is 27.7. The second kappa shape index (κ2) is 28.9. The molecule has 0 saturated carbocycles. The highest BCUT2D eigenvalue weighted by molar-refractivity contribution is 5.84. The number of nitrogens with zero attached hydrogens (tertiary/aromatic N) is 1. The van der Waals surface area contributed by atoms with Crippen LogP contribution in [0.1, 0.15) is 155 Å². The molecule has 0 fully saturated rings. The van der Waals surface area contributed by atoms with Crippen LogP contribution in [0.25, 0.3) is 0 Å². The fourth-order valence-corrected chi connectivity index (χ4v) is 4.92. The lowest BCUT2D eigenvalue weighted by molar-refractivity contribution is -0.147. The summed E-state index contributed by atoms with van der Waals surface area (Å²) in [5.74, 6) is -0.321. The third-order valence-corrected chi connectivity index (χ3v) is 7.41. The quantitative estimate of drug-likeness (QED) is 0.0731. The molecule has 2 N–H and O–H groups in total. The molecule has 0 spiro atoms. The zero-order valence-electron chi connectivity index (χ0n) is 26.8. The van der Waals surface area contributed by atoms with Crippen LogP contribution in [0.5, 0.6) is 0 Å². The number of carbonyl (C=O) groups excluding carboxylic acids is 3. The molecule has 0 aromatic carbocycles. The summed E-state index contributed by atoms with van der Waals surface area (Å²) in [7, 11) is 4.24. The number of hydrogen-bond donors (Lipinski definition) is 2.